The molecule has 0 aliphatic rings. The lowest BCUT2D eigenvalue weighted by atomic mass is 10.6. The van der Waals surface area contributed by atoms with E-state index in [9.17, 15) is 0 Å². The summed E-state index contributed by atoms with van der Waals surface area (Å²) in [5.41, 5.74) is 0. The average molecular weight is 130 g/mol. The maximum Gasteiger partial charge on any atom is 0.176 e. The van der Waals surface area contributed by atoms with E-state index in [1.54, 1.807) is 11.3 Å². The molecule has 0 saturated heterocycles. The lowest BCUT2D eigenvalue weighted by molar-refractivity contribution is -0.177. The van der Waals surface area contributed by atoms with Crippen LogP contribution in [0.1, 0.15) is 0 Å². The van der Waals surface area contributed by atoms with E-state index < -0.39 is 0 Å². The number of rotatable bonds is 2. The minimum Gasteiger partial charge on any atom is -0.337 e. The standard InChI is InChI=1S/C5H6O2S/c1-6-7-5-2-3-8-4-5/h2-4H,1H3. The van der Waals surface area contributed by atoms with Crippen LogP contribution in [0.2, 0.25) is 0 Å². The predicted octanol–water partition coefficient (Wildman–Crippen LogP) is 1.69. The van der Waals surface area contributed by atoms with Gasteiger partial charge in [0, 0.05) is 5.38 Å². The fraction of sp³-hybridized carbons (Fsp3) is 0.200. The topological polar surface area (TPSA) is 18.5 Å². The summed E-state index contributed by atoms with van der Waals surface area (Å²) >= 11 is 1.57. The lowest BCUT2D eigenvalue weighted by Gasteiger charge is -1.92. The molecule has 0 bridgehead atoms. The molecule has 0 aromatic carbocycles. The molecule has 0 amide bonds. The first-order valence-corrected chi connectivity index (χ1v) is 3.10. The van der Waals surface area contributed by atoms with Crippen molar-refractivity contribution in [2.45, 2.75) is 0 Å². The summed E-state index contributed by atoms with van der Waals surface area (Å²) in [6.45, 7) is 0. The first-order chi connectivity index (χ1) is 3.93. The largest absolute Gasteiger partial charge is 0.337 e. The third kappa shape index (κ3) is 1.21. The molecule has 1 aromatic heterocycles. The maximum absolute atomic E-state index is 4.66. The van der Waals surface area contributed by atoms with Crippen molar-refractivity contribution in [3.8, 4) is 5.75 Å². The summed E-state index contributed by atoms with van der Waals surface area (Å²) in [6, 6.07) is 1.84. The average Bonchev–Trinajstić information content (AvgIpc) is 2.19. The SMILES string of the molecule is COOc1ccsc1. The van der Waals surface area contributed by atoms with Gasteiger partial charge in [-0.2, -0.15) is 4.89 Å². The van der Waals surface area contributed by atoms with Gasteiger partial charge < -0.3 is 4.89 Å². The molecule has 1 rings (SSSR count). The van der Waals surface area contributed by atoms with E-state index in [-0.39, 0.29) is 0 Å². The Balaban J connectivity index is 2.50. The van der Waals surface area contributed by atoms with Crippen LogP contribution in [0.25, 0.3) is 0 Å². The first kappa shape index (κ1) is 5.59. The summed E-state index contributed by atoms with van der Waals surface area (Å²) < 4.78 is 0. The van der Waals surface area contributed by atoms with E-state index in [2.05, 4.69) is 9.78 Å². The molecule has 0 spiro atoms. The number of hydrogen-bond donors (Lipinski definition) is 0. The van der Waals surface area contributed by atoms with Crippen LogP contribution < -0.4 is 4.89 Å². The van der Waals surface area contributed by atoms with Crippen molar-refractivity contribution in [1.82, 2.24) is 0 Å². The van der Waals surface area contributed by atoms with Crippen molar-refractivity contribution in [3.05, 3.63) is 16.8 Å². The molecule has 44 valence electrons. The van der Waals surface area contributed by atoms with E-state index in [0.717, 1.165) is 5.75 Å². The third-order valence-electron chi connectivity index (χ3n) is 0.675. The Labute approximate surface area is 51.6 Å². The lowest BCUT2D eigenvalue weighted by Crippen LogP contribution is -1.86. The van der Waals surface area contributed by atoms with E-state index >= 15 is 0 Å². The van der Waals surface area contributed by atoms with Crippen molar-refractivity contribution in [2.24, 2.45) is 0 Å². The molecule has 0 fully saturated rings. The molecule has 0 N–H and O–H groups in total. The molecule has 0 aliphatic carbocycles. The highest BCUT2D eigenvalue weighted by Crippen LogP contribution is 2.13. The maximum atomic E-state index is 4.66. The fourth-order valence-corrected chi connectivity index (χ4v) is 0.939. The Morgan fingerprint density at radius 3 is 3.00 bits per heavy atom. The highest BCUT2D eigenvalue weighted by molar-refractivity contribution is 7.08. The summed E-state index contributed by atoms with van der Waals surface area (Å²) in [5.74, 6) is 0.762. The highest BCUT2D eigenvalue weighted by atomic mass is 32.1. The Morgan fingerprint density at radius 1 is 1.62 bits per heavy atom. The fourth-order valence-electron chi connectivity index (χ4n) is 0.396. The van der Waals surface area contributed by atoms with Gasteiger partial charge in [0.25, 0.3) is 0 Å². The zero-order valence-electron chi connectivity index (χ0n) is 4.46. The molecule has 0 saturated carbocycles. The molecular formula is C5H6O2S. The summed E-state index contributed by atoms with van der Waals surface area (Å²) in [4.78, 5) is 9.05. The van der Waals surface area contributed by atoms with Crippen molar-refractivity contribution >= 4 is 11.3 Å². The smallest absolute Gasteiger partial charge is 0.176 e. The van der Waals surface area contributed by atoms with Crippen LogP contribution in [0, 0.1) is 0 Å². The zero-order chi connectivity index (χ0) is 5.82. The molecule has 0 unspecified atom stereocenters. The van der Waals surface area contributed by atoms with Gasteiger partial charge in [0.2, 0.25) is 0 Å². The summed E-state index contributed by atoms with van der Waals surface area (Å²) in [6.07, 6.45) is 0. The van der Waals surface area contributed by atoms with Crippen molar-refractivity contribution in [2.75, 3.05) is 7.11 Å². The quantitative estimate of drug-likeness (QED) is 0.448. The van der Waals surface area contributed by atoms with Gasteiger partial charge in [-0.3, -0.25) is 0 Å². The Kier molecular flexibility index (Phi) is 1.88. The van der Waals surface area contributed by atoms with Gasteiger partial charge in [-0.05, 0) is 11.4 Å². The Bertz CT molecular complexity index is 136. The predicted molar refractivity (Wildman–Crippen MR) is 32.0 cm³/mol. The highest BCUT2D eigenvalue weighted by Gasteiger charge is 1.88. The van der Waals surface area contributed by atoms with E-state index in [1.807, 2.05) is 16.8 Å². The van der Waals surface area contributed by atoms with Gasteiger partial charge in [-0.25, -0.2) is 0 Å². The second-order valence-corrected chi connectivity index (χ2v) is 1.99. The first-order valence-electron chi connectivity index (χ1n) is 2.16. The van der Waals surface area contributed by atoms with Crippen LogP contribution in [-0.4, -0.2) is 7.11 Å². The van der Waals surface area contributed by atoms with Crippen LogP contribution in [0.5, 0.6) is 5.75 Å². The Morgan fingerprint density at radius 2 is 2.50 bits per heavy atom. The number of hydrogen-bond acceptors (Lipinski definition) is 3. The van der Waals surface area contributed by atoms with Crippen molar-refractivity contribution in [3.63, 3.8) is 0 Å². The minimum absolute atomic E-state index is 0.762. The van der Waals surface area contributed by atoms with Crippen molar-refractivity contribution in [1.29, 1.82) is 0 Å². The molecule has 1 aromatic rings. The molecule has 1 heterocycles. The monoisotopic (exact) mass is 130 g/mol. The second-order valence-electron chi connectivity index (χ2n) is 1.21. The van der Waals surface area contributed by atoms with Crippen LogP contribution in [0.3, 0.4) is 0 Å². The van der Waals surface area contributed by atoms with E-state index in [1.165, 1.54) is 7.11 Å². The molecule has 3 heteroatoms. The Hall–Kier alpha value is -0.540. The number of thiophene rings is 1. The van der Waals surface area contributed by atoms with Gasteiger partial charge in [-0.1, -0.05) is 0 Å². The third-order valence-corrected chi connectivity index (χ3v) is 1.34. The molecule has 2 nitrogen and oxygen atoms in total. The van der Waals surface area contributed by atoms with Gasteiger partial charge in [0.05, 0.1) is 7.11 Å². The summed E-state index contributed by atoms with van der Waals surface area (Å²) in [7, 11) is 1.48. The van der Waals surface area contributed by atoms with Gasteiger partial charge in [0.1, 0.15) is 0 Å². The van der Waals surface area contributed by atoms with Crippen LogP contribution in [0.15, 0.2) is 16.8 Å². The van der Waals surface area contributed by atoms with Gasteiger partial charge in [0.15, 0.2) is 5.75 Å². The summed E-state index contributed by atoms with van der Waals surface area (Å²) in [5, 5.41) is 3.79. The minimum atomic E-state index is 0.762. The second kappa shape index (κ2) is 2.69. The van der Waals surface area contributed by atoms with Gasteiger partial charge >= 0.3 is 0 Å². The molecule has 0 atom stereocenters. The molecular weight excluding hydrogens is 124 g/mol. The molecule has 8 heavy (non-hydrogen) atoms. The van der Waals surface area contributed by atoms with Crippen LogP contribution in [0.4, 0.5) is 0 Å². The van der Waals surface area contributed by atoms with E-state index in [4.69, 9.17) is 0 Å². The van der Waals surface area contributed by atoms with Crippen LogP contribution in [-0.2, 0) is 4.89 Å². The van der Waals surface area contributed by atoms with E-state index in [0.29, 0.717) is 0 Å². The van der Waals surface area contributed by atoms with Gasteiger partial charge in [-0.15, -0.1) is 11.3 Å². The van der Waals surface area contributed by atoms with Crippen LogP contribution >= 0.6 is 11.3 Å². The zero-order valence-corrected chi connectivity index (χ0v) is 5.27. The molecule has 0 aliphatic heterocycles. The normalized spacial score (nSPS) is 9.12. The molecule has 0 radical (unpaired) electrons. The van der Waals surface area contributed by atoms with Crippen molar-refractivity contribution < 1.29 is 9.78 Å².